The maximum absolute atomic E-state index is 11.7. The van der Waals surface area contributed by atoms with E-state index in [0.717, 1.165) is 4.90 Å². The average molecular weight is 243 g/mol. The number of carbonyl (C=O) groups excluding carboxylic acids is 1. The van der Waals surface area contributed by atoms with E-state index in [4.69, 9.17) is 9.84 Å². The van der Waals surface area contributed by atoms with Gasteiger partial charge in [0.1, 0.15) is 11.6 Å². The van der Waals surface area contributed by atoms with Gasteiger partial charge >= 0.3 is 12.1 Å². The van der Waals surface area contributed by atoms with Crippen LogP contribution in [0.15, 0.2) is 12.7 Å². The van der Waals surface area contributed by atoms with Crippen LogP contribution in [0.1, 0.15) is 33.6 Å². The summed E-state index contributed by atoms with van der Waals surface area (Å²) in [6.45, 7) is 8.73. The fraction of sp³-hybridized carbons (Fsp3) is 0.667. The van der Waals surface area contributed by atoms with Crippen LogP contribution in [0.2, 0.25) is 0 Å². The van der Waals surface area contributed by atoms with Crippen LogP contribution in [-0.4, -0.2) is 40.8 Å². The van der Waals surface area contributed by atoms with E-state index in [2.05, 4.69) is 6.58 Å². The van der Waals surface area contributed by atoms with E-state index in [1.54, 1.807) is 26.8 Å². The monoisotopic (exact) mass is 243 g/mol. The third-order valence-electron chi connectivity index (χ3n) is 2.08. The van der Waals surface area contributed by atoms with Crippen molar-refractivity contribution in [2.45, 2.75) is 45.3 Å². The average Bonchev–Trinajstić information content (AvgIpc) is 2.14. The highest BCUT2D eigenvalue weighted by Gasteiger charge is 2.29. The van der Waals surface area contributed by atoms with Gasteiger partial charge in [-0.3, -0.25) is 4.90 Å². The van der Waals surface area contributed by atoms with E-state index in [0.29, 0.717) is 12.8 Å². The second-order valence-electron chi connectivity index (χ2n) is 4.81. The molecule has 17 heavy (non-hydrogen) atoms. The summed E-state index contributed by atoms with van der Waals surface area (Å²) in [5.41, 5.74) is -0.632. The van der Waals surface area contributed by atoms with Crippen molar-refractivity contribution >= 4 is 12.1 Å². The molecule has 0 saturated heterocycles. The summed E-state index contributed by atoms with van der Waals surface area (Å²) in [6, 6.07) is -0.886. The quantitative estimate of drug-likeness (QED) is 0.752. The molecule has 1 unspecified atom stereocenters. The van der Waals surface area contributed by atoms with Gasteiger partial charge in [-0.05, 0) is 33.6 Å². The Morgan fingerprint density at radius 1 is 1.47 bits per heavy atom. The predicted molar refractivity (Wildman–Crippen MR) is 64.9 cm³/mol. The molecule has 0 rings (SSSR count). The van der Waals surface area contributed by atoms with Gasteiger partial charge in [0, 0.05) is 7.05 Å². The van der Waals surface area contributed by atoms with Crippen molar-refractivity contribution in [3.63, 3.8) is 0 Å². The van der Waals surface area contributed by atoms with Gasteiger partial charge in [0.05, 0.1) is 0 Å². The lowest BCUT2D eigenvalue weighted by Gasteiger charge is -2.28. The smallest absolute Gasteiger partial charge is 0.410 e. The minimum Gasteiger partial charge on any atom is -0.480 e. The number of amides is 1. The lowest BCUT2D eigenvalue weighted by molar-refractivity contribution is -0.142. The molecule has 0 aliphatic rings. The molecule has 1 N–H and O–H groups in total. The Hall–Kier alpha value is -1.52. The number of aliphatic carboxylic acids is 1. The summed E-state index contributed by atoms with van der Waals surface area (Å²) < 4.78 is 5.11. The van der Waals surface area contributed by atoms with Crippen LogP contribution >= 0.6 is 0 Å². The van der Waals surface area contributed by atoms with Crippen molar-refractivity contribution in [1.29, 1.82) is 0 Å². The van der Waals surface area contributed by atoms with Crippen LogP contribution in [-0.2, 0) is 9.53 Å². The summed E-state index contributed by atoms with van der Waals surface area (Å²) >= 11 is 0. The normalized spacial score (nSPS) is 12.7. The van der Waals surface area contributed by atoms with Crippen LogP contribution in [0.5, 0.6) is 0 Å². The van der Waals surface area contributed by atoms with E-state index < -0.39 is 23.7 Å². The Kier molecular flexibility index (Phi) is 5.71. The zero-order valence-electron chi connectivity index (χ0n) is 10.9. The van der Waals surface area contributed by atoms with Crippen molar-refractivity contribution < 1.29 is 19.4 Å². The number of allylic oxidation sites excluding steroid dienone is 1. The third-order valence-corrected chi connectivity index (χ3v) is 2.08. The topological polar surface area (TPSA) is 66.8 Å². The third kappa shape index (κ3) is 5.94. The zero-order valence-corrected chi connectivity index (χ0v) is 10.9. The lowest BCUT2D eigenvalue weighted by atomic mass is 10.1. The maximum Gasteiger partial charge on any atom is 0.410 e. The molecular weight excluding hydrogens is 222 g/mol. The number of hydrogen-bond acceptors (Lipinski definition) is 3. The van der Waals surface area contributed by atoms with Crippen LogP contribution in [0, 0.1) is 0 Å². The molecule has 5 heteroatoms. The molecule has 0 bridgehead atoms. The number of ether oxygens (including phenoxy) is 1. The van der Waals surface area contributed by atoms with Gasteiger partial charge in [0.25, 0.3) is 0 Å². The van der Waals surface area contributed by atoms with E-state index in [1.165, 1.54) is 7.05 Å². The summed E-state index contributed by atoms with van der Waals surface area (Å²) in [5.74, 6) is -1.04. The van der Waals surface area contributed by atoms with Crippen LogP contribution < -0.4 is 0 Å². The summed E-state index contributed by atoms with van der Waals surface area (Å²) in [4.78, 5) is 23.8. The maximum atomic E-state index is 11.7. The highest BCUT2D eigenvalue weighted by atomic mass is 16.6. The molecule has 0 aromatic rings. The second-order valence-corrected chi connectivity index (χ2v) is 4.81. The molecule has 98 valence electrons. The molecule has 0 saturated carbocycles. The van der Waals surface area contributed by atoms with E-state index in [1.807, 2.05) is 0 Å². The Labute approximate surface area is 102 Å². The van der Waals surface area contributed by atoms with Gasteiger partial charge in [-0.25, -0.2) is 9.59 Å². The largest absolute Gasteiger partial charge is 0.480 e. The molecule has 5 nitrogen and oxygen atoms in total. The van der Waals surface area contributed by atoms with Crippen molar-refractivity contribution in [3.8, 4) is 0 Å². The zero-order chi connectivity index (χ0) is 13.6. The Bertz CT molecular complexity index is 293. The van der Waals surface area contributed by atoms with Crippen LogP contribution in [0.25, 0.3) is 0 Å². The molecule has 0 aromatic heterocycles. The van der Waals surface area contributed by atoms with Crippen molar-refractivity contribution in [2.24, 2.45) is 0 Å². The minimum absolute atomic E-state index is 0.328. The Morgan fingerprint density at radius 2 is 2.00 bits per heavy atom. The Balaban J connectivity index is 4.60. The van der Waals surface area contributed by atoms with E-state index >= 15 is 0 Å². The van der Waals surface area contributed by atoms with Gasteiger partial charge in [-0.1, -0.05) is 6.08 Å². The first-order valence-electron chi connectivity index (χ1n) is 5.48. The van der Waals surface area contributed by atoms with Gasteiger partial charge in [-0.15, -0.1) is 6.58 Å². The van der Waals surface area contributed by atoms with Gasteiger partial charge < -0.3 is 9.84 Å². The highest BCUT2D eigenvalue weighted by molar-refractivity contribution is 5.79. The fourth-order valence-corrected chi connectivity index (χ4v) is 1.22. The molecular formula is C12H21NO4. The number of carbonyl (C=O) groups is 2. The highest BCUT2D eigenvalue weighted by Crippen LogP contribution is 2.13. The number of nitrogens with zero attached hydrogens (tertiary/aromatic N) is 1. The molecule has 0 spiro atoms. The first-order chi connectivity index (χ1) is 7.69. The van der Waals surface area contributed by atoms with Crippen LogP contribution in [0.4, 0.5) is 4.79 Å². The molecule has 0 aliphatic heterocycles. The fourth-order valence-electron chi connectivity index (χ4n) is 1.22. The molecule has 1 atom stereocenters. The summed E-state index contributed by atoms with van der Waals surface area (Å²) in [7, 11) is 1.43. The number of rotatable bonds is 5. The molecule has 0 fully saturated rings. The molecule has 1 amide bonds. The number of hydrogen-bond donors (Lipinski definition) is 1. The molecule has 0 heterocycles. The van der Waals surface area contributed by atoms with Gasteiger partial charge in [-0.2, -0.15) is 0 Å². The molecule has 0 aliphatic carbocycles. The minimum atomic E-state index is -1.04. The SMILES string of the molecule is C=CCCC(C(=O)O)N(C)C(=O)OC(C)(C)C. The first-order valence-corrected chi connectivity index (χ1v) is 5.48. The second kappa shape index (κ2) is 6.27. The number of carboxylic acids is 1. The summed E-state index contributed by atoms with van der Waals surface area (Å²) in [5, 5.41) is 9.03. The number of carboxylic acid groups (broad SMARTS) is 1. The first kappa shape index (κ1) is 15.5. The predicted octanol–water partition coefficient (Wildman–Crippen LogP) is 2.27. The van der Waals surface area contributed by atoms with Crippen molar-refractivity contribution in [3.05, 3.63) is 12.7 Å². The van der Waals surface area contributed by atoms with Crippen molar-refractivity contribution in [1.82, 2.24) is 4.90 Å². The van der Waals surface area contributed by atoms with Crippen LogP contribution in [0.3, 0.4) is 0 Å². The van der Waals surface area contributed by atoms with Crippen molar-refractivity contribution in [2.75, 3.05) is 7.05 Å². The standard InChI is InChI=1S/C12H21NO4/c1-6-7-8-9(10(14)15)13(5)11(16)17-12(2,3)4/h6,9H,1,7-8H2,2-5H3,(H,14,15). The molecule has 0 aromatic carbocycles. The Morgan fingerprint density at radius 3 is 2.35 bits per heavy atom. The lowest BCUT2D eigenvalue weighted by Crippen LogP contribution is -2.44. The van der Waals surface area contributed by atoms with Gasteiger partial charge in [0.15, 0.2) is 0 Å². The molecule has 0 radical (unpaired) electrons. The number of likely N-dealkylation sites (N-methyl/N-ethyl adjacent to an activating group) is 1. The van der Waals surface area contributed by atoms with E-state index in [9.17, 15) is 9.59 Å². The van der Waals surface area contributed by atoms with E-state index in [-0.39, 0.29) is 0 Å². The van der Waals surface area contributed by atoms with Gasteiger partial charge in [0.2, 0.25) is 0 Å². The summed E-state index contributed by atoms with van der Waals surface area (Å²) in [6.07, 6.45) is 1.85.